The van der Waals surface area contributed by atoms with E-state index in [9.17, 15) is 4.79 Å². The molecule has 1 aromatic carbocycles. The van der Waals surface area contributed by atoms with Crippen LogP contribution in [0.15, 0.2) is 55.0 Å². The number of halogens is 2. The molecule has 24 heavy (non-hydrogen) atoms. The zero-order valence-electron chi connectivity index (χ0n) is 12.8. The third-order valence-electron chi connectivity index (χ3n) is 3.52. The summed E-state index contributed by atoms with van der Waals surface area (Å²) in [5.74, 6) is -0.408. The minimum absolute atomic E-state index is 0. The lowest BCUT2D eigenvalue weighted by molar-refractivity contribution is -0.146. The van der Waals surface area contributed by atoms with E-state index in [1.165, 1.54) is 0 Å². The summed E-state index contributed by atoms with van der Waals surface area (Å²) in [5, 5.41) is 1.08. The molecule has 7 heteroatoms. The molecule has 0 fully saturated rings. The molecule has 3 aromatic rings. The van der Waals surface area contributed by atoms with Crippen LogP contribution in [-0.2, 0) is 22.6 Å². The van der Waals surface area contributed by atoms with Crippen LogP contribution in [0.1, 0.15) is 11.1 Å². The van der Waals surface area contributed by atoms with Gasteiger partial charge in [0.15, 0.2) is 0 Å². The van der Waals surface area contributed by atoms with Crippen LogP contribution >= 0.6 is 24.8 Å². The number of esters is 1. The average Bonchev–Trinajstić information content (AvgIpc) is 2.97. The summed E-state index contributed by atoms with van der Waals surface area (Å²) < 4.78 is 5.24. The van der Waals surface area contributed by atoms with Crippen molar-refractivity contribution >= 4 is 41.7 Å². The van der Waals surface area contributed by atoms with Gasteiger partial charge >= 0.3 is 5.97 Å². The van der Waals surface area contributed by atoms with Crippen LogP contribution in [0.4, 0.5) is 0 Å². The van der Waals surface area contributed by atoms with E-state index in [4.69, 9.17) is 10.5 Å². The number of H-pyrrole nitrogens is 1. The molecule has 0 saturated heterocycles. The highest BCUT2D eigenvalue weighted by molar-refractivity contribution is 5.86. The van der Waals surface area contributed by atoms with Crippen LogP contribution in [0.25, 0.3) is 10.9 Å². The maximum atomic E-state index is 12.0. The molecule has 0 aliphatic heterocycles. The first-order chi connectivity index (χ1) is 10.7. The van der Waals surface area contributed by atoms with E-state index in [0.29, 0.717) is 6.42 Å². The summed E-state index contributed by atoms with van der Waals surface area (Å²) in [4.78, 5) is 19.2. The summed E-state index contributed by atoms with van der Waals surface area (Å²) in [6.45, 7) is 0.189. The van der Waals surface area contributed by atoms with E-state index in [0.717, 1.165) is 22.0 Å². The standard InChI is InChI=1S/C17H17N3O2.2ClH/c18-15(17(21)22-11-12-4-3-7-19-9-12)8-13-10-20-16-6-2-1-5-14(13)16;;/h1-7,9-10,15,20H,8,11,18H2;2*1H/t15-;;/m0../s1. The molecule has 0 spiro atoms. The number of benzene rings is 1. The first kappa shape index (κ1) is 20.0. The number of carbonyl (C=O) groups is 1. The van der Waals surface area contributed by atoms with Crippen molar-refractivity contribution in [2.45, 2.75) is 19.1 Å². The normalized spacial score (nSPS) is 11.2. The Labute approximate surface area is 152 Å². The van der Waals surface area contributed by atoms with E-state index in [1.54, 1.807) is 18.5 Å². The number of nitrogens with one attached hydrogen (secondary N) is 1. The molecule has 2 heterocycles. The van der Waals surface area contributed by atoms with E-state index in [-0.39, 0.29) is 31.4 Å². The second kappa shape index (κ2) is 9.27. The van der Waals surface area contributed by atoms with Crippen molar-refractivity contribution in [3.8, 4) is 0 Å². The molecule has 0 amide bonds. The van der Waals surface area contributed by atoms with Gasteiger partial charge in [-0.25, -0.2) is 0 Å². The van der Waals surface area contributed by atoms with Gasteiger partial charge in [-0.2, -0.15) is 0 Å². The number of ether oxygens (including phenoxy) is 1. The summed E-state index contributed by atoms with van der Waals surface area (Å²) >= 11 is 0. The lowest BCUT2D eigenvalue weighted by Gasteiger charge is -2.11. The van der Waals surface area contributed by atoms with Crippen molar-refractivity contribution < 1.29 is 9.53 Å². The van der Waals surface area contributed by atoms with Gasteiger partial charge in [0, 0.05) is 41.5 Å². The van der Waals surface area contributed by atoms with Gasteiger partial charge in [-0.1, -0.05) is 24.3 Å². The quantitative estimate of drug-likeness (QED) is 0.679. The second-order valence-electron chi connectivity index (χ2n) is 5.14. The fourth-order valence-electron chi connectivity index (χ4n) is 2.37. The second-order valence-corrected chi connectivity index (χ2v) is 5.14. The number of nitrogens with zero attached hydrogens (tertiary/aromatic N) is 1. The Hall–Kier alpha value is -2.08. The number of fused-ring (bicyclic) bond motifs is 1. The maximum Gasteiger partial charge on any atom is 0.323 e. The summed E-state index contributed by atoms with van der Waals surface area (Å²) in [7, 11) is 0. The monoisotopic (exact) mass is 367 g/mol. The molecule has 2 aromatic heterocycles. The van der Waals surface area contributed by atoms with Crippen molar-refractivity contribution in [1.29, 1.82) is 0 Å². The molecule has 0 radical (unpaired) electrons. The summed E-state index contributed by atoms with van der Waals surface area (Å²) in [6.07, 6.45) is 5.67. The Kier molecular flexibility index (Phi) is 7.71. The van der Waals surface area contributed by atoms with Gasteiger partial charge in [-0.15, -0.1) is 24.8 Å². The highest BCUT2D eigenvalue weighted by atomic mass is 35.5. The topological polar surface area (TPSA) is 81.0 Å². The molecule has 0 aliphatic carbocycles. The fourth-order valence-corrected chi connectivity index (χ4v) is 2.37. The lowest BCUT2D eigenvalue weighted by atomic mass is 10.1. The first-order valence-corrected chi connectivity index (χ1v) is 7.10. The largest absolute Gasteiger partial charge is 0.460 e. The van der Waals surface area contributed by atoms with Crippen molar-refractivity contribution in [3.63, 3.8) is 0 Å². The SMILES string of the molecule is Cl.Cl.N[C@@H](Cc1c[nH]c2ccccc12)C(=O)OCc1cccnc1. The predicted octanol–water partition coefficient (Wildman–Crippen LogP) is 3.02. The van der Waals surface area contributed by atoms with E-state index in [1.807, 2.05) is 36.5 Å². The number of aromatic nitrogens is 2. The van der Waals surface area contributed by atoms with Crippen LogP contribution in [-0.4, -0.2) is 22.0 Å². The zero-order chi connectivity index (χ0) is 15.4. The van der Waals surface area contributed by atoms with Gasteiger partial charge in [0.1, 0.15) is 12.6 Å². The molecule has 5 nitrogen and oxygen atoms in total. The summed E-state index contributed by atoms with van der Waals surface area (Å²) in [6, 6.07) is 10.9. The van der Waals surface area contributed by atoms with Gasteiger partial charge in [-0.3, -0.25) is 9.78 Å². The molecule has 0 unspecified atom stereocenters. The molecule has 3 rings (SSSR count). The minimum atomic E-state index is -0.684. The Morgan fingerprint density at radius 1 is 1.21 bits per heavy atom. The van der Waals surface area contributed by atoms with Crippen molar-refractivity contribution in [2.24, 2.45) is 5.73 Å². The number of rotatable bonds is 5. The van der Waals surface area contributed by atoms with E-state index >= 15 is 0 Å². The number of hydrogen-bond acceptors (Lipinski definition) is 4. The Bertz CT molecular complexity index is 778. The van der Waals surface area contributed by atoms with Gasteiger partial charge in [0.25, 0.3) is 0 Å². The molecule has 3 N–H and O–H groups in total. The van der Waals surface area contributed by atoms with Crippen LogP contribution in [0.5, 0.6) is 0 Å². The van der Waals surface area contributed by atoms with Gasteiger partial charge < -0.3 is 15.5 Å². The summed E-state index contributed by atoms with van der Waals surface area (Å²) in [5.41, 5.74) is 8.85. The predicted molar refractivity (Wildman–Crippen MR) is 98.5 cm³/mol. The third kappa shape index (κ3) is 4.71. The van der Waals surface area contributed by atoms with E-state index < -0.39 is 12.0 Å². The number of hydrogen-bond donors (Lipinski definition) is 2. The molecule has 1 atom stereocenters. The van der Waals surface area contributed by atoms with Gasteiger partial charge in [0.2, 0.25) is 0 Å². The number of carbonyl (C=O) groups excluding carboxylic acids is 1. The highest BCUT2D eigenvalue weighted by Gasteiger charge is 2.17. The van der Waals surface area contributed by atoms with Crippen LogP contribution in [0.2, 0.25) is 0 Å². The van der Waals surface area contributed by atoms with Crippen molar-refractivity contribution in [3.05, 3.63) is 66.1 Å². The number of pyridine rings is 1. The van der Waals surface area contributed by atoms with Crippen LogP contribution in [0.3, 0.4) is 0 Å². The smallest absolute Gasteiger partial charge is 0.323 e. The van der Waals surface area contributed by atoms with Crippen molar-refractivity contribution in [2.75, 3.05) is 0 Å². The minimum Gasteiger partial charge on any atom is -0.460 e. The Morgan fingerprint density at radius 3 is 2.75 bits per heavy atom. The first-order valence-electron chi connectivity index (χ1n) is 7.10. The zero-order valence-corrected chi connectivity index (χ0v) is 14.5. The molecular formula is C17H19Cl2N3O2. The third-order valence-corrected chi connectivity index (χ3v) is 3.52. The van der Waals surface area contributed by atoms with E-state index in [2.05, 4.69) is 9.97 Å². The fraction of sp³-hybridized carbons (Fsp3) is 0.176. The number of para-hydroxylation sites is 1. The molecule has 0 bridgehead atoms. The number of nitrogens with two attached hydrogens (primary N) is 1. The van der Waals surface area contributed by atoms with Crippen LogP contribution < -0.4 is 5.73 Å². The van der Waals surface area contributed by atoms with Gasteiger partial charge in [-0.05, 0) is 17.7 Å². The Balaban J connectivity index is 0.00000144. The Morgan fingerprint density at radius 2 is 2.00 bits per heavy atom. The maximum absolute atomic E-state index is 12.0. The lowest BCUT2D eigenvalue weighted by Crippen LogP contribution is -2.34. The number of aromatic amines is 1. The average molecular weight is 368 g/mol. The van der Waals surface area contributed by atoms with Crippen LogP contribution in [0, 0.1) is 0 Å². The highest BCUT2D eigenvalue weighted by Crippen LogP contribution is 2.19. The van der Waals surface area contributed by atoms with Crippen molar-refractivity contribution in [1.82, 2.24) is 9.97 Å². The molecule has 0 aliphatic rings. The molecule has 0 saturated carbocycles. The molecular weight excluding hydrogens is 349 g/mol. The molecule has 128 valence electrons. The van der Waals surface area contributed by atoms with Gasteiger partial charge in [0.05, 0.1) is 0 Å².